The number of rotatable bonds is 7. The molecule has 0 unspecified atom stereocenters. The van der Waals surface area contributed by atoms with Gasteiger partial charge in [-0.15, -0.1) is 0 Å². The molecule has 2 heterocycles. The van der Waals surface area contributed by atoms with Gasteiger partial charge in [0.05, 0.1) is 36.9 Å². The second-order valence-electron chi connectivity index (χ2n) is 8.41. The van der Waals surface area contributed by atoms with E-state index in [1.807, 2.05) is 59.2 Å². The van der Waals surface area contributed by atoms with Crippen LogP contribution in [0.3, 0.4) is 0 Å². The van der Waals surface area contributed by atoms with Crippen LogP contribution in [0.5, 0.6) is 17.2 Å². The Labute approximate surface area is 204 Å². The number of ether oxygens (including phenoxy) is 3. The summed E-state index contributed by atoms with van der Waals surface area (Å²) in [6.45, 7) is 0. The van der Waals surface area contributed by atoms with Gasteiger partial charge in [0.25, 0.3) is 0 Å². The number of aromatic nitrogens is 3. The van der Waals surface area contributed by atoms with Gasteiger partial charge in [0.1, 0.15) is 23.5 Å². The van der Waals surface area contributed by atoms with E-state index in [0.717, 1.165) is 40.9 Å². The molecule has 5 rings (SSSR count). The zero-order valence-corrected chi connectivity index (χ0v) is 19.8. The van der Waals surface area contributed by atoms with Gasteiger partial charge in [-0.3, -0.25) is 4.57 Å². The fourth-order valence-corrected chi connectivity index (χ4v) is 4.43. The van der Waals surface area contributed by atoms with Crippen LogP contribution in [0.25, 0.3) is 29.0 Å². The number of methoxy groups -OCH3 is 2. The molecule has 1 aliphatic rings. The van der Waals surface area contributed by atoms with Crippen molar-refractivity contribution in [3.05, 3.63) is 71.7 Å². The number of benzene rings is 2. The molecule has 35 heavy (non-hydrogen) atoms. The molecular formula is C28H26N4O3. The number of fused-ring (bicyclic) bond motifs is 1. The minimum Gasteiger partial charge on any atom is -0.497 e. The average molecular weight is 467 g/mol. The predicted molar refractivity (Wildman–Crippen MR) is 135 cm³/mol. The second kappa shape index (κ2) is 9.90. The fraction of sp³-hybridized carbons (Fsp3) is 0.250. The Morgan fingerprint density at radius 2 is 1.89 bits per heavy atom. The van der Waals surface area contributed by atoms with Crippen LogP contribution in [0.2, 0.25) is 0 Å². The third-order valence-corrected chi connectivity index (χ3v) is 6.22. The lowest BCUT2D eigenvalue weighted by Gasteiger charge is -2.18. The smallest absolute Gasteiger partial charge is 0.168 e. The van der Waals surface area contributed by atoms with Crippen molar-refractivity contribution >= 4 is 23.2 Å². The van der Waals surface area contributed by atoms with Crippen molar-refractivity contribution in [1.82, 2.24) is 14.5 Å². The molecule has 0 aliphatic heterocycles. The molecule has 0 radical (unpaired) electrons. The van der Waals surface area contributed by atoms with Crippen molar-refractivity contribution in [2.45, 2.75) is 31.8 Å². The summed E-state index contributed by atoms with van der Waals surface area (Å²) in [6, 6.07) is 17.3. The number of nitrogens with zero attached hydrogens (tertiary/aromatic N) is 4. The highest BCUT2D eigenvalue weighted by atomic mass is 16.5. The third-order valence-electron chi connectivity index (χ3n) is 6.22. The molecule has 0 amide bonds. The molecule has 1 fully saturated rings. The predicted octanol–water partition coefficient (Wildman–Crippen LogP) is 5.80. The first kappa shape index (κ1) is 22.5. The van der Waals surface area contributed by atoms with E-state index in [1.54, 1.807) is 26.5 Å². The number of nitriles is 1. The van der Waals surface area contributed by atoms with E-state index in [9.17, 15) is 0 Å². The molecular weight excluding hydrogens is 440 g/mol. The summed E-state index contributed by atoms with van der Waals surface area (Å²) in [5.41, 5.74) is 3.08. The third kappa shape index (κ3) is 4.56. The maximum Gasteiger partial charge on any atom is 0.168 e. The lowest BCUT2D eigenvalue weighted by molar-refractivity contribution is 0.200. The first-order chi connectivity index (χ1) is 17.2. The van der Waals surface area contributed by atoms with Gasteiger partial charge in [0.15, 0.2) is 11.5 Å². The molecule has 4 aromatic rings. The summed E-state index contributed by atoms with van der Waals surface area (Å²) >= 11 is 0. The van der Waals surface area contributed by atoms with E-state index >= 15 is 0 Å². The number of pyridine rings is 1. The molecule has 0 atom stereocenters. The minimum absolute atomic E-state index is 0.207. The van der Waals surface area contributed by atoms with Crippen molar-refractivity contribution in [2.75, 3.05) is 14.2 Å². The number of para-hydroxylation sites is 1. The normalized spacial score (nSPS) is 13.9. The second-order valence-corrected chi connectivity index (χ2v) is 8.41. The summed E-state index contributed by atoms with van der Waals surface area (Å²) < 4.78 is 19.3. The summed E-state index contributed by atoms with van der Waals surface area (Å²) in [5, 5.41) is 9.17. The van der Waals surface area contributed by atoms with Crippen LogP contribution in [-0.2, 0) is 0 Å². The minimum atomic E-state index is 0.207. The van der Waals surface area contributed by atoms with Gasteiger partial charge in [0.2, 0.25) is 0 Å². The van der Waals surface area contributed by atoms with E-state index < -0.39 is 0 Å². The van der Waals surface area contributed by atoms with Crippen LogP contribution in [0.4, 0.5) is 0 Å². The number of hydrogen-bond acceptors (Lipinski definition) is 6. The topological polar surface area (TPSA) is 82.2 Å². The molecule has 0 saturated heterocycles. The van der Waals surface area contributed by atoms with Gasteiger partial charge < -0.3 is 14.2 Å². The summed E-state index contributed by atoms with van der Waals surface area (Å²) in [5.74, 6) is 3.56. The van der Waals surface area contributed by atoms with Gasteiger partial charge in [0, 0.05) is 17.8 Å². The van der Waals surface area contributed by atoms with Crippen LogP contribution < -0.4 is 14.2 Å². The molecule has 0 N–H and O–H groups in total. The first-order valence-electron chi connectivity index (χ1n) is 11.6. The molecule has 7 heteroatoms. The number of imidazole rings is 1. The Morgan fingerprint density at radius 3 is 2.60 bits per heavy atom. The lowest BCUT2D eigenvalue weighted by Crippen LogP contribution is -2.12. The first-order valence-corrected chi connectivity index (χ1v) is 11.6. The largest absolute Gasteiger partial charge is 0.497 e. The Morgan fingerprint density at radius 1 is 1.03 bits per heavy atom. The quantitative estimate of drug-likeness (QED) is 0.342. The Balaban J connectivity index is 1.59. The van der Waals surface area contributed by atoms with E-state index in [0.29, 0.717) is 23.0 Å². The van der Waals surface area contributed by atoms with Crippen LogP contribution in [0.1, 0.15) is 42.6 Å². The fourth-order valence-electron chi connectivity index (χ4n) is 4.43. The van der Waals surface area contributed by atoms with Gasteiger partial charge in [-0.05, 0) is 68.2 Å². The molecule has 1 saturated carbocycles. The van der Waals surface area contributed by atoms with Gasteiger partial charge in [-0.1, -0.05) is 12.1 Å². The highest BCUT2D eigenvalue weighted by molar-refractivity contribution is 5.83. The van der Waals surface area contributed by atoms with Crippen LogP contribution in [0, 0.1) is 11.3 Å². The Hall–Kier alpha value is -4.31. The van der Waals surface area contributed by atoms with E-state index in [2.05, 4.69) is 11.1 Å². The van der Waals surface area contributed by atoms with Crippen molar-refractivity contribution < 1.29 is 14.2 Å². The lowest BCUT2D eigenvalue weighted by atomic mass is 10.1. The maximum atomic E-state index is 9.17. The van der Waals surface area contributed by atoms with E-state index in [1.165, 1.54) is 12.8 Å². The van der Waals surface area contributed by atoms with Gasteiger partial charge in [-0.25, -0.2) is 9.97 Å². The summed E-state index contributed by atoms with van der Waals surface area (Å²) in [4.78, 5) is 9.35. The van der Waals surface area contributed by atoms with Crippen molar-refractivity contribution in [2.24, 2.45) is 0 Å². The molecule has 2 aromatic carbocycles. The van der Waals surface area contributed by atoms with Crippen LogP contribution >= 0.6 is 0 Å². The molecule has 0 spiro atoms. The molecule has 1 aliphatic carbocycles. The summed E-state index contributed by atoms with van der Waals surface area (Å²) in [7, 11) is 3.30. The van der Waals surface area contributed by atoms with Crippen LogP contribution in [-0.4, -0.2) is 34.9 Å². The Bertz CT molecular complexity index is 1410. The van der Waals surface area contributed by atoms with Gasteiger partial charge >= 0.3 is 0 Å². The molecule has 176 valence electrons. The average Bonchev–Trinajstić information content (AvgIpc) is 3.55. The maximum absolute atomic E-state index is 9.17. The monoisotopic (exact) mass is 466 g/mol. The van der Waals surface area contributed by atoms with E-state index in [-0.39, 0.29) is 6.10 Å². The van der Waals surface area contributed by atoms with Crippen molar-refractivity contribution in [3.63, 3.8) is 0 Å². The van der Waals surface area contributed by atoms with Crippen molar-refractivity contribution in [3.8, 4) is 29.1 Å². The molecule has 2 aromatic heterocycles. The zero-order chi connectivity index (χ0) is 24.2. The van der Waals surface area contributed by atoms with Gasteiger partial charge in [-0.2, -0.15) is 5.26 Å². The Kier molecular flexibility index (Phi) is 6.36. The van der Waals surface area contributed by atoms with Crippen LogP contribution in [0.15, 0.2) is 54.7 Å². The number of hydrogen-bond donors (Lipinski definition) is 0. The molecule has 7 nitrogen and oxygen atoms in total. The zero-order valence-electron chi connectivity index (χ0n) is 19.8. The van der Waals surface area contributed by atoms with Crippen molar-refractivity contribution in [1.29, 1.82) is 5.26 Å². The highest BCUT2D eigenvalue weighted by Crippen LogP contribution is 2.36. The van der Waals surface area contributed by atoms with E-state index in [4.69, 9.17) is 24.5 Å². The highest BCUT2D eigenvalue weighted by Gasteiger charge is 2.20. The summed E-state index contributed by atoms with van der Waals surface area (Å²) in [6.07, 6.45) is 10.2. The molecule has 0 bridgehead atoms. The standard InChI is InChI=1S/C28H26N4O3/c1-33-22-12-13-24-23(16-22)31-27(32(24)26-14-10-19(17-29)18-30-26)15-11-20-6-5-9-25(34-2)28(20)35-21-7-3-4-8-21/h5-6,9-16,18,21H,3-4,7-8H2,1-2H3. The SMILES string of the molecule is COc1ccc2c(c1)nc(C=Cc1cccc(OC)c1OC1CCCC1)n2-c1ccc(C#N)cn1.